The van der Waals surface area contributed by atoms with E-state index in [1.54, 1.807) is 30.8 Å². The molecule has 1 amide bonds. The van der Waals surface area contributed by atoms with Gasteiger partial charge in [-0.2, -0.15) is 11.8 Å². The average Bonchev–Trinajstić information content (AvgIpc) is 3.08. The molecule has 0 aliphatic carbocycles. The lowest BCUT2D eigenvalue weighted by Gasteiger charge is -2.14. The summed E-state index contributed by atoms with van der Waals surface area (Å²) in [6.07, 6.45) is 5.47. The van der Waals surface area contributed by atoms with Gasteiger partial charge >= 0.3 is 0 Å². The molecule has 1 fully saturated rings. The molecule has 0 radical (unpaired) electrons. The van der Waals surface area contributed by atoms with Gasteiger partial charge in [-0.1, -0.05) is 0 Å². The molecule has 0 spiro atoms. The molecule has 1 aliphatic heterocycles. The van der Waals surface area contributed by atoms with Crippen LogP contribution in [0.3, 0.4) is 0 Å². The minimum absolute atomic E-state index is 0.0131. The zero-order chi connectivity index (χ0) is 17.6. The van der Waals surface area contributed by atoms with Crippen LogP contribution in [0.25, 0.3) is 0 Å². The highest BCUT2D eigenvalue weighted by Crippen LogP contribution is 2.11. The summed E-state index contributed by atoms with van der Waals surface area (Å²) >= 11 is 1.77. The van der Waals surface area contributed by atoms with Gasteiger partial charge in [-0.05, 0) is 25.5 Å². The van der Waals surface area contributed by atoms with Crippen LogP contribution in [0.1, 0.15) is 19.3 Å². The van der Waals surface area contributed by atoms with Crippen LogP contribution in [-0.4, -0.2) is 88.4 Å². The molecular formula is C16H32N4O3S. The van der Waals surface area contributed by atoms with Gasteiger partial charge in [0.1, 0.15) is 6.54 Å². The third-order valence-electron chi connectivity index (χ3n) is 3.56. The largest absolute Gasteiger partial charge is 0.379 e. The first-order valence-electron chi connectivity index (χ1n) is 8.54. The predicted octanol–water partition coefficient (Wildman–Crippen LogP) is 0.559. The van der Waals surface area contributed by atoms with E-state index in [0.717, 1.165) is 44.7 Å². The number of hydrogen-bond acceptors (Lipinski definition) is 5. The fourth-order valence-electron chi connectivity index (χ4n) is 2.11. The van der Waals surface area contributed by atoms with Gasteiger partial charge in [0.15, 0.2) is 5.96 Å². The lowest BCUT2D eigenvalue weighted by atomic mass is 10.2. The van der Waals surface area contributed by atoms with Crippen LogP contribution < -0.4 is 10.6 Å². The number of aliphatic imine (C=N–C) groups is 1. The Morgan fingerprint density at radius 2 is 2.17 bits per heavy atom. The Morgan fingerprint density at radius 1 is 1.38 bits per heavy atom. The zero-order valence-corrected chi connectivity index (χ0v) is 16.0. The fraction of sp³-hybridized carbons (Fsp3) is 0.875. The van der Waals surface area contributed by atoms with Gasteiger partial charge in [0, 0.05) is 46.2 Å². The number of guanidine groups is 1. The Hall–Kier alpha value is -0.990. The molecule has 1 heterocycles. The van der Waals surface area contributed by atoms with Crippen molar-refractivity contribution in [3.05, 3.63) is 0 Å². The second kappa shape index (κ2) is 13.3. The number of nitrogens with zero attached hydrogens (tertiary/aromatic N) is 2. The van der Waals surface area contributed by atoms with E-state index in [2.05, 4.69) is 21.9 Å². The van der Waals surface area contributed by atoms with Crippen LogP contribution in [0, 0.1) is 0 Å². The molecular weight excluding hydrogens is 328 g/mol. The molecule has 0 aromatic rings. The minimum Gasteiger partial charge on any atom is -0.379 e. The lowest BCUT2D eigenvalue weighted by molar-refractivity contribution is -0.127. The zero-order valence-electron chi connectivity index (χ0n) is 15.2. The summed E-state index contributed by atoms with van der Waals surface area (Å²) in [6, 6.07) is 0. The van der Waals surface area contributed by atoms with Crippen molar-refractivity contribution in [2.24, 2.45) is 4.99 Å². The normalized spacial score (nSPS) is 17.8. The highest BCUT2D eigenvalue weighted by molar-refractivity contribution is 7.98. The quantitative estimate of drug-likeness (QED) is 0.319. The summed E-state index contributed by atoms with van der Waals surface area (Å²) in [7, 11) is 3.47. The average molecular weight is 361 g/mol. The van der Waals surface area contributed by atoms with Gasteiger partial charge in [0.2, 0.25) is 5.91 Å². The Bertz CT molecular complexity index is 374. The predicted molar refractivity (Wildman–Crippen MR) is 99.8 cm³/mol. The van der Waals surface area contributed by atoms with E-state index < -0.39 is 0 Å². The van der Waals surface area contributed by atoms with Crippen LogP contribution in [0.5, 0.6) is 0 Å². The SMILES string of the molecule is CSCCNC(=NCC(=O)N(C)C)NCCCOCC1CCCO1. The number of amides is 1. The van der Waals surface area contributed by atoms with Gasteiger partial charge in [-0.25, -0.2) is 4.99 Å². The van der Waals surface area contributed by atoms with E-state index in [-0.39, 0.29) is 18.6 Å². The molecule has 1 aliphatic rings. The summed E-state index contributed by atoms with van der Waals surface area (Å²) in [5.74, 6) is 1.66. The van der Waals surface area contributed by atoms with Crippen molar-refractivity contribution in [1.29, 1.82) is 0 Å². The maximum atomic E-state index is 11.6. The van der Waals surface area contributed by atoms with Crippen molar-refractivity contribution in [2.45, 2.75) is 25.4 Å². The molecule has 24 heavy (non-hydrogen) atoms. The molecule has 0 aromatic carbocycles. The molecule has 140 valence electrons. The molecule has 1 unspecified atom stereocenters. The van der Waals surface area contributed by atoms with E-state index in [1.807, 2.05) is 0 Å². The summed E-state index contributed by atoms with van der Waals surface area (Å²) in [5.41, 5.74) is 0. The van der Waals surface area contributed by atoms with Crippen molar-refractivity contribution in [2.75, 3.05) is 65.6 Å². The van der Waals surface area contributed by atoms with Gasteiger partial charge in [0.05, 0.1) is 12.7 Å². The minimum atomic E-state index is -0.0131. The Kier molecular flexibility index (Phi) is 11.7. The highest BCUT2D eigenvalue weighted by Gasteiger charge is 2.14. The third kappa shape index (κ3) is 10.00. The van der Waals surface area contributed by atoms with Gasteiger partial charge in [-0.15, -0.1) is 0 Å². The molecule has 0 saturated carbocycles. The van der Waals surface area contributed by atoms with E-state index in [9.17, 15) is 4.79 Å². The number of thioether (sulfide) groups is 1. The van der Waals surface area contributed by atoms with E-state index in [1.165, 1.54) is 0 Å². The van der Waals surface area contributed by atoms with Crippen LogP contribution in [0.15, 0.2) is 4.99 Å². The standard InChI is InChI=1S/C16H32N4O3S/c1-20(2)15(21)12-19-16(18-8-11-24-3)17-7-5-9-22-13-14-6-4-10-23-14/h14H,4-13H2,1-3H3,(H2,17,18,19). The summed E-state index contributed by atoms with van der Waals surface area (Å²) < 4.78 is 11.2. The van der Waals surface area contributed by atoms with Gasteiger partial charge in [0.25, 0.3) is 0 Å². The third-order valence-corrected chi connectivity index (χ3v) is 4.17. The molecule has 2 N–H and O–H groups in total. The highest BCUT2D eigenvalue weighted by atomic mass is 32.2. The number of hydrogen-bond donors (Lipinski definition) is 2. The first-order chi connectivity index (χ1) is 11.6. The summed E-state index contributed by atoms with van der Waals surface area (Å²) in [4.78, 5) is 17.5. The maximum absolute atomic E-state index is 11.6. The van der Waals surface area contributed by atoms with Gasteiger partial charge < -0.3 is 25.0 Å². The smallest absolute Gasteiger partial charge is 0.243 e. The number of carbonyl (C=O) groups excluding carboxylic acids is 1. The Labute approximate surface area is 149 Å². The fourth-order valence-corrected chi connectivity index (χ4v) is 2.41. The van der Waals surface area contributed by atoms with E-state index >= 15 is 0 Å². The van der Waals surface area contributed by atoms with E-state index in [4.69, 9.17) is 9.47 Å². The molecule has 1 atom stereocenters. The molecule has 1 rings (SSSR count). The summed E-state index contributed by atoms with van der Waals surface area (Å²) in [5, 5.41) is 6.49. The van der Waals surface area contributed by atoms with E-state index in [0.29, 0.717) is 19.2 Å². The van der Waals surface area contributed by atoms with Gasteiger partial charge in [-0.3, -0.25) is 4.79 Å². The Morgan fingerprint density at radius 3 is 2.83 bits per heavy atom. The van der Waals surface area contributed by atoms with Crippen LogP contribution in [0.2, 0.25) is 0 Å². The van der Waals surface area contributed by atoms with Crippen LogP contribution in [0.4, 0.5) is 0 Å². The summed E-state index contributed by atoms with van der Waals surface area (Å²) in [6.45, 7) is 3.97. The van der Waals surface area contributed by atoms with Crippen molar-refractivity contribution in [3.63, 3.8) is 0 Å². The number of likely N-dealkylation sites (N-methyl/N-ethyl adjacent to an activating group) is 1. The number of ether oxygens (including phenoxy) is 2. The molecule has 0 bridgehead atoms. The van der Waals surface area contributed by atoms with Crippen LogP contribution >= 0.6 is 11.8 Å². The van der Waals surface area contributed by atoms with Crippen molar-refractivity contribution >= 4 is 23.6 Å². The monoisotopic (exact) mass is 360 g/mol. The molecule has 7 nitrogen and oxygen atoms in total. The number of nitrogens with one attached hydrogen (secondary N) is 2. The molecule has 1 saturated heterocycles. The first-order valence-corrected chi connectivity index (χ1v) is 9.93. The lowest BCUT2D eigenvalue weighted by Crippen LogP contribution is -2.40. The molecule has 8 heteroatoms. The number of rotatable bonds is 11. The second-order valence-electron chi connectivity index (χ2n) is 5.86. The topological polar surface area (TPSA) is 75.2 Å². The molecule has 0 aromatic heterocycles. The van der Waals surface area contributed by atoms with Crippen LogP contribution in [-0.2, 0) is 14.3 Å². The maximum Gasteiger partial charge on any atom is 0.243 e. The van der Waals surface area contributed by atoms with Crippen molar-refractivity contribution < 1.29 is 14.3 Å². The number of carbonyl (C=O) groups is 1. The van der Waals surface area contributed by atoms with Crippen molar-refractivity contribution in [3.8, 4) is 0 Å². The second-order valence-corrected chi connectivity index (χ2v) is 6.85. The van der Waals surface area contributed by atoms with Crippen molar-refractivity contribution in [1.82, 2.24) is 15.5 Å². The first kappa shape index (κ1) is 21.1. The Balaban J connectivity index is 2.19.